The molecule has 29 heavy (non-hydrogen) atoms. The zero-order valence-corrected chi connectivity index (χ0v) is 16.8. The predicted molar refractivity (Wildman–Crippen MR) is 110 cm³/mol. The molecule has 3 heterocycles. The summed E-state index contributed by atoms with van der Waals surface area (Å²) in [6, 6.07) is 8.40. The predicted octanol–water partition coefficient (Wildman–Crippen LogP) is 2.27. The molecule has 2 N–H and O–H groups in total. The first-order valence-corrected chi connectivity index (χ1v) is 10.8. The highest BCUT2D eigenvalue weighted by molar-refractivity contribution is 6.21. The molecule has 3 aliphatic rings. The molecular weight excluding hydrogens is 368 g/mol. The van der Waals surface area contributed by atoms with Gasteiger partial charge in [-0.15, -0.1) is 0 Å². The Hall–Kier alpha value is -2.41. The van der Waals surface area contributed by atoms with Gasteiger partial charge in [-0.05, 0) is 63.2 Å². The molecule has 3 atom stereocenters. The molecule has 0 aromatic heterocycles. The standard InChI is InChI=1S/C22H30N4O3/c27-20(23-15-16-7-6-14-25-13-5-4-10-19(16)25)12-11-18-21(28)26(22(29)24-18)17-8-2-1-3-9-17/h1-3,8-9,16,18-19H,4-7,10-15H2,(H,23,27)(H,24,29)/t16-,18?,19+/m0/s1. The fourth-order valence-corrected chi connectivity index (χ4v) is 4.97. The number of rotatable bonds is 6. The van der Waals surface area contributed by atoms with E-state index < -0.39 is 12.1 Å². The zero-order chi connectivity index (χ0) is 20.2. The first kappa shape index (κ1) is 19.9. The van der Waals surface area contributed by atoms with E-state index >= 15 is 0 Å². The van der Waals surface area contributed by atoms with Gasteiger partial charge in [0.1, 0.15) is 6.04 Å². The van der Waals surface area contributed by atoms with E-state index in [1.165, 1.54) is 45.2 Å². The van der Waals surface area contributed by atoms with Crippen LogP contribution in [0.3, 0.4) is 0 Å². The number of fused-ring (bicyclic) bond motifs is 1. The number of anilines is 1. The number of nitrogens with one attached hydrogen (secondary N) is 2. The van der Waals surface area contributed by atoms with Crippen molar-refractivity contribution in [2.75, 3.05) is 24.5 Å². The van der Waals surface area contributed by atoms with Crippen LogP contribution in [0.4, 0.5) is 10.5 Å². The van der Waals surface area contributed by atoms with Gasteiger partial charge in [0.25, 0.3) is 5.91 Å². The van der Waals surface area contributed by atoms with Crippen LogP contribution < -0.4 is 15.5 Å². The maximum Gasteiger partial charge on any atom is 0.329 e. The topological polar surface area (TPSA) is 81.8 Å². The van der Waals surface area contributed by atoms with Crippen molar-refractivity contribution in [2.24, 2.45) is 5.92 Å². The van der Waals surface area contributed by atoms with E-state index in [2.05, 4.69) is 15.5 Å². The van der Waals surface area contributed by atoms with Crippen molar-refractivity contribution < 1.29 is 14.4 Å². The van der Waals surface area contributed by atoms with Crippen molar-refractivity contribution in [2.45, 2.75) is 57.0 Å². The molecule has 0 bridgehead atoms. The van der Waals surface area contributed by atoms with Gasteiger partial charge in [-0.1, -0.05) is 24.6 Å². The van der Waals surface area contributed by atoms with Crippen LogP contribution >= 0.6 is 0 Å². The number of benzene rings is 1. The summed E-state index contributed by atoms with van der Waals surface area (Å²) in [4.78, 5) is 40.9. The van der Waals surface area contributed by atoms with E-state index in [0.29, 0.717) is 30.6 Å². The lowest BCUT2D eigenvalue weighted by molar-refractivity contribution is -0.122. The van der Waals surface area contributed by atoms with Crippen molar-refractivity contribution >= 4 is 23.5 Å². The Kier molecular flexibility index (Phi) is 6.13. The molecule has 4 rings (SSSR count). The first-order valence-electron chi connectivity index (χ1n) is 10.8. The van der Waals surface area contributed by atoms with Crippen molar-refractivity contribution in [1.29, 1.82) is 0 Å². The summed E-state index contributed by atoms with van der Waals surface area (Å²) >= 11 is 0. The molecule has 1 aromatic carbocycles. The molecular formula is C22H30N4O3. The molecule has 0 aliphatic carbocycles. The second kappa shape index (κ2) is 8.95. The van der Waals surface area contributed by atoms with Gasteiger partial charge < -0.3 is 15.5 Å². The van der Waals surface area contributed by atoms with Gasteiger partial charge in [0.15, 0.2) is 0 Å². The highest BCUT2D eigenvalue weighted by Gasteiger charge is 2.39. The van der Waals surface area contributed by atoms with Crippen molar-refractivity contribution in [3.8, 4) is 0 Å². The molecule has 4 amide bonds. The summed E-state index contributed by atoms with van der Waals surface area (Å²) < 4.78 is 0. The third kappa shape index (κ3) is 4.45. The summed E-state index contributed by atoms with van der Waals surface area (Å²) in [5.74, 6) is 0.187. The Bertz CT molecular complexity index is 752. The van der Waals surface area contributed by atoms with Crippen molar-refractivity contribution in [3.05, 3.63) is 30.3 Å². The summed E-state index contributed by atoms with van der Waals surface area (Å²) in [5, 5.41) is 5.78. The van der Waals surface area contributed by atoms with Crippen LogP contribution in [0.25, 0.3) is 0 Å². The molecule has 3 aliphatic heterocycles. The maximum atomic E-state index is 12.6. The van der Waals surface area contributed by atoms with E-state index in [-0.39, 0.29) is 18.2 Å². The van der Waals surface area contributed by atoms with Crippen LogP contribution in [-0.2, 0) is 9.59 Å². The summed E-state index contributed by atoms with van der Waals surface area (Å²) in [6.45, 7) is 3.09. The Balaban J connectivity index is 1.24. The number of carbonyl (C=O) groups excluding carboxylic acids is 3. The number of amides is 4. The molecule has 0 spiro atoms. The first-order chi connectivity index (χ1) is 14.1. The minimum absolute atomic E-state index is 0.0434. The third-order valence-electron chi connectivity index (χ3n) is 6.48. The van der Waals surface area contributed by atoms with Crippen molar-refractivity contribution in [3.63, 3.8) is 0 Å². The van der Waals surface area contributed by atoms with Crippen LogP contribution in [0.2, 0.25) is 0 Å². The number of hydrogen-bond donors (Lipinski definition) is 2. The van der Waals surface area contributed by atoms with Crippen LogP contribution in [-0.4, -0.2) is 54.5 Å². The molecule has 7 heteroatoms. The third-order valence-corrected chi connectivity index (χ3v) is 6.48. The lowest BCUT2D eigenvalue weighted by Gasteiger charge is -2.44. The summed E-state index contributed by atoms with van der Waals surface area (Å²) in [5.41, 5.74) is 0.552. The fourth-order valence-electron chi connectivity index (χ4n) is 4.97. The number of nitrogens with zero attached hydrogens (tertiary/aromatic N) is 2. The molecule has 156 valence electrons. The Morgan fingerprint density at radius 2 is 1.86 bits per heavy atom. The Morgan fingerprint density at radius 1 is 1.07 bits per heavy atom. The Labute approximate surface area is 171 Å². The lowest BCUT2D eigenvalue weighted by atomic mass is 9.83. The van der Waals surface area contributed by atoms with E-state index in [4.69, 9.17) is 0 Å². The number of hydrogen-bond acceptors (Lipinski definition) is 4. The zero-order valence-electron chi connectivity index (χ0n) is 16.8. The van der Waals surface area contributed by atoms with Gasteiger partial charge in [-0.3, -0.25) is 9.59 Å². The monoisotopic (exact) mass is 398 g/mol. The normalized spacial score (nSPS) is 27.4. The smallest absolute Gasteiger partial charge is 0.329 e. The van der Waals surface area contributed by atoms with Crippen molar-refractivity contribution in [1.82, 2.24) is 15.5 Å². The van der Waals surface area contributed by atoms with Gasteiger partial charge >= 0.3 is 6.03 Å². The molecule has 0 saturated carbocycles. The number of piperidine rings is 2. The number of para-hydroxylation sites is 1. The van der Waals surface area contributed by atoms with Gasteiger partial charge in [0.05, 0.1) is 5.69 Å². The number of urea groups is 1. The van der Waals surface area contributed by atoms with Crippen LogP contribution in [0.15, 0.2) is 30.3 Å². The summed E-state index contributed by atoms with van der Waals surface area (Å²) in [6.07, 6.45) is 6.74. The molecule has 7 nitrogen and oxygen atoms in total. The second-order valence-electron chi connectivity index (χ2n) is 8.36. The van der Waals surface area contributed by atoms with Crippen LogP contribution in [0.1, 0.15) is 44.9 Å². The fraction of sp³-hybridized carbons (Fsp3) is 0.591. The average molecular weight is 399 g/mol. The molecule has 1 unspecified atom stereocenters. The Morgan fingerprint density at radius 3 is 2.69 bits per heavy atom. The SMILES string of the molecule is O=C(CCC1NC(=O)N(c2ccccc2)C1=O)NC[C@@H]1CCCN2CCCC[C@H]12. The van der Waals surface area contributed by atoms with Gasteiger partial charge in [0, 0.05) is 19.0 Å². The number of imide groups is 1. The summed E-state index contributed by atoms with van der Waals surface area (Å²) in [7, 11) is 0. The van der Waals surface area contributed by atoms with Crippen LogP contribution in [0.5, 0.6) is 0 Å². The average Bonchev–Trinajstić information content (AvgIpc) is 3.04. The highest BCUT2D eigenvalue weighted by Crippen LogP contribution is 2.30. The molecule has 1 aromatic rings. The van der Waals surface area contributed by atoms with E-state index in [9.17, 15) is 14.4 Å². The van der Waals surface area contributed by atoms with Gasteiger partial charge in [-0.25, -0.2) is 9.69 Å². The highest BCUT2D eigenvalue weighted by atomic mass is 16.2. The molecule has 0 radical (unpaired) electrons. The van der Waals surface area contributed by atoms with Gasteiger partial charge in [0.2, 0.25) is 5.91 Å². The minimum Gasteiger partial charge on any atom is -0.356 e. The lowest BCUT2D eigenvalue weighted by Crippen LogP contribution is -2.51. The van der Waals surface area contributed by atoms with E-state index in [1.807, 2.05) is 6.07 Å². The molecule has 3 fully saturated rings. The quantitative estimate of drug-likeness (QED) is 0.721. The van der Waals surface area contributed by atoms with Crippen LogP contribution in [0, 0.1) is 5.92 Å². The second-order valence-corrected chi connectivity index (χ2v) is 8.36. The molecule has 3 saturated heterocycles. The van der Waals surface area contributed by atoms with Gasteiger partial charge in [-0.2, -0.15) is 0 Å². The maximum absolute atomic E-state index is 12.6. The largest absolute Gasteiger partial charge is 0.356 e. The minimum atomic E-state index is -0.642. The van der Waals surface area contributed by atoms with E-state index in [0.717, 1.165) is 4.90 Å². The van der Waals surface area contributed by atoms with E-state index in [1.54, 1.807) is 24.3 Å². The number of carbonyl (C=O) groups is 3.